The maximum atomic E-state index is 12.6. The third-order valence-electron chi connectivity index (χ3n) is 4.87. The summed E-state index contributed by atoms with van der Waals surface area (Å²) in [6.45, 7) is 6.22. The van der Waals surface area contributed by atoms with E-state index in [0.717, 1.165) is 24.8 Å². The van der Waals surface area contributed by atoms with E-state index < -0.39 is 12.1 Å². The van der Waals surface area contributed by atoms with Gasteiger partial charge in [-0.15, -0.1) is 0 Å². The number of rotatable bonds is 6. The average molecular weight is 346 g/mol. The van der Waals surface area contributed by atoms with Crippen molar-refractivity contribution in [3.63, 3.8) is 0 Å². The molecule has 1 aromatic rings. The molecule has 3 atom stereocenters. The van der Waals surface area contributed by atoms with Gasteiger partial charge in [-0.1, -0.05) is 63.9 Å². The molecule has 0 saturated heterocycles. The lowest BCUT2D eigenvalue weighted by molar-refractivity contribution is -0.125. The molecule has 2 N–H and O–H groups in total. The maximum absolute atomic E-state index is 12.6. The Balaban J connectivity index is 1.86. The van der Waals surface area contributed by atoms with Crippen LogP contribution in [-0.2, 0) is 16.1 Å². The van der Waals surface area contributed by atoms with E-state index in [0.29, 0.717) is 5.92 Å². The SMILES string of the molecule is CC(C)[C@H](NC(=O)OCc1ccccc1)C(=O)N[C@@H]1CCCC[C@@H]1C. The van der Waals surface area contributed by atoms with E-state index in [4.69, 9.17) is 4.74 Å². The lowest BCUT2D eigenvalue weighted by Gasteiger charge is -2.31. The van der Waals surface area contributed by atoms with Crippen molar-refractivity contribution in [3.05, 3.63) is 35.9 Å². The number of ether oxygens (including phenoxy) is 1. The van der Waals surface area contributed by atoms with Gasteiger partial charge in [0.15, 0.2) is 0 Å². The molecule has 0 spiro atoms. The van der Waals surface area contributed by atoms with Crippen LogP contribution in [0.25, 0.3) is 0 Å². The fourth-order valence-corrected chi connectivity index (χ4v) is 3.23. The van der Waals surface area contributed by atoms with Crippen LogP contribution in [0.4, 0.5) is 4.79 Å². The first kappa shape index (κ1) is 19.3. The Labute approximate surface area is 150 Å². The van der Waals surface area contributed by atoms with Crippen LogP contribution < -0.4 is 10.6 Å². The highest BCUT2D eigenvalue weighted by Gasteiger charge is 2.29. The molecule has 2 rings (SSSR count). The summed E-state index contributed by atoms with van der Waals surface area (Å²) in [6, 6.07) is 9.10. The minimum absolute atomic E-state index is 0.0110. The van der Waals surface area contributed by atoms with Gasteiger partial charge >= 0.3 is 6.09 Å². The molecule has 5 heteroatoms. The van der Waals surface area contributed by atoms with Gasteiger partial charge in [0, 0.05) is 6.04 Å². The molecule has 0 aromatic heterocycles. The number of carbonyl (C=O) groups excluding carboxylic acids is 2. The van der Waals surface area contributed by atoms with Gasteiger partial charge in [-0.3, -0.25) is 4.79 Å². The summed E-state index contributed by atoms with van der Waals surface area (Å²) in [5.74, 6) is 0.351. The number of alkyl carbamates (subject to hydrolysis) is 1. The van der Waals surface area contributed by atoms with Crippen molar-refractivity contribution in [2.75, 3.05) is 0 Å². The van der Waals surface area contributed by atoms with Crippen LogP contribution in [0.15, 0.2) is 30.3 Å². The summed E-state index contributed by atoms with van der Waals surface area (Å²) in [5.41, 5.74) is 0.916. The Morgan fingerprint density at radius 1 is 1.16 bits per heavy atom. The van der Waals surface area contributed by atoms with Gasteiger partial charge in [-0.25, -0.2) is 4.79 Å². The number of nitrogens with one attached hydrogen (secondary N) is 2. The number of benzene rings is 1. The number of carbonyl (C=O) groups is 2. The Morgan fingerprint density at radius 3 is 2.48 bits per heavy atom. The predicted molar refractivity (Wildman–Crippen MR) is 98.0 cm³/mol. The average Bonchev–Trinajstić information content (AvgIpc) is 2.60. The Bertz CT molecular complexity index is 559. The summed E-state index contributed by atoms with van der Waals surface area (Å²) in [4.78, 5) is 24.7. The lowest BCUT2D eigenvalue weighted by Crippen LogP contribution is -2.53. The second-order valence-corrected chi connectivity index (χ2v) is 7.30. The van der Waals surface area contributed by atoms with Crippen LogP contribution in [0.5, 0.6) is 0 Å². The van der Waals surface area contributed by atoms with Crippen LogP contribution in [0.3, 0.4) is 0 Å². The van der Waals surface area contributed by atoms with Gasteiger partial charge in [0.05, 0.1) is 0 Å². The molecule has 0 aliphatic heterocycles. The van der Waals surface area contributed by atoms with Crippen LogP contribution in [-0.4, -0.2) is 24.1 Å². The summed E-state index contributed by atoms with van der Waals surface area (Å²) in [5, 5.41) is 5.84. The summed E-state index contributed by atoms with van der Waals surface area (Å²) in [6.07, 6.45) is 3.97. The van der Waals surface area contributed by atoms with Gasteiger partial charge in [0.2, 0.25) is 5.91 Å². The van der Waals surface area contributed by atoms with E-state index in [1.165, 1.54) is 6.42 Å². The molecule has 0 radical (unpaired) electrons. The highest BCUT2D eigenvalue weighted by molar-refractivity contribution is 5.86. The molecular weight excluding hydrogens is 316 g/mol. The molecule has 0 heterocycles. The van der Waals surface area contributed by atoms with Crippen molar-refractivity contribution in [3.8, 4) is 0 Å². The van der Waals surface area contributed by atoms with E-state index in [2.05, 4.69) is 17.6 Å². The molecule has 0 unspecified atom stereocenters. The second kappa shape index (κ2) is 9.44. The first-order valence-corrected chi connectivity index (χ1v) is 9.25. The molecule has 2 amide bonds. The summed E-state index contributed by atoms with van der Waals surface area (Å²) >= 11 is 0. The largest absolute Gasteiger partial charge is 0.445 e. The monoisotopic (exact) mass is 346 g/mol. The van der Waals surface area contributed by atoms with Crippen LogP contribution in [0, 0.1) is 11.8 Å². The molecule has 1 saturated carbocycles. The van der Waals surface area contributed by atoms with Gasteiger partial charge in [0.1, 0.15) is 12.6 Å². The number of hydrogen-bond acceptors (Lipinski definition) is 3. The van der Waals surface area contributed by atoms with Crippen molar-refractivity contribution in [1.29, 1.82) is 0 Å². The Kier molecular flexibility index (Phi) is 7.29. The fraction of sp³-hybridized carbons (Fsp3) is 0.600. The zero-order valence-electron chi connectivity index (χ0n) is 15.5. The summed E-state index contributed by atoms with van der Waals surface area (Å²) in [7, 11) is 0. The van der Waals surface area contributed by atoms with Crippen molar-refractivity contribution in [2.24, 2.45) is 11.8 Å². The number of hydrogen-bond donors (Lipinski definition) is 2. The van der Waals surface area contributed by atoms with E-state index in [-0.39, 0.29) is 24.5 Å². The standard InChI is InChI=1S/C20H30N2O3/c1-14(2)18(19(23)21-17-12-8-7-9-15(17)3)22-20(24)25-13-16-10-5-4-6-11-16/h4-6,10-11,14-15,17-18H,7-9,12-13H2,1-3H3,(H,21,23)(H,22,24)/t15-,17+,18-/m0/s1. The number of amides is 2. The van der Waals surface area contributed by atoms with Gasteiger partial charge in [-0.2, -0.15) is 0 Å². The quantitative estimate of drug-likeness (QED) is 0.826. The van der Waals surface area contributed by atoms with E-state index in [1.54, 1.807) is 0 Å². The smallest absolute Gasteiger partial charge is 0.408 e. The van der Waals surface area contributed by atoms with Crippen LogP contribution in [0.2, 0.25) is 0 Å². The van der Waals surface area contributed by atoms with Gasteiger partial charge < -0.3 is 15.4 Å². The third kappa shape index (κ3) is 6.07. The van der Waals surface area contributed by atoms with Gasteiger partial charge in [0.25, 0.3) is 0 Å². The molecule has 25 heavy (non-hydrogen) atoms. The normalized spacial score (nSPS) is 21.4. The zero-order chi connectivity index (χ0) is 18.2. The predicted octanol–water partition coefficient (Wildman–Crippen LogP) is 3.63. The van der Waals surface area contributed by atoms with Gasteiger partial charge in [-0.05, 0) is 30.2 Å². The van der Waals surface area contributed by atoms with Crippen molar-refractivity contribution < 1.29 is 14.3 Å². The molecule has 0 bridgehead atoms. The minimum Gasteiger partial charge on any atom is -0.445 e. The zero-order valence-corrected chi connectivity index (χ0v) is 15.5. The molecule has 138 valence electrons. The fourth-order valence-electron chi connectivity index (χ4n) is 3.23. The molecule has 1 aliphatic carbocycles. The van der Waals surface area contributed by atoms with Crippen molar-refractivity contribution >= 4 is 12.0 Å². The highest BCUT2D eigenvalue weighted by atomic mass is 16.5. The maximum Gasteiger partial charge on any atom is 0.408 e. The van der Waals surface area contributed by atoms with Crippen LogP contribution in [0.1, 0.15) is 52.0 Å². The first-order chi connectivity index (χ1) is 12.0. The molecular formula is C20H30N2O3. The van der Waals surface area contributed by atoms with E-state index in [1.807, 2.05) is 44.2 Å². The Hall–Kier alpha value is -2.04. The van der Waals surface area contributed by atoms with E-state index in [9.17, 15) is 9.59 Å². The molecule has 1 aliphatic rings. The van der Waals surface area contributed by atoms with Crippen LogP contribution >= 0.6 is 0 Å². The van der Waals surface area contributed by atoms with Crippen molar-refractivity contribution in [2.45, 2.75) is 65.1 Å². The van der Waals surface area contributed by atoms with E-state index >= 15 is 0 Å². The lowest BCUT2D eigenvalue weighted by atomic mass is 9.85. The third-order valence-corrected chi connectivity index (χ3v) is 4.87. The van der Waals surface area contributed by atoms with Crippen molar-refractivity contribution in [1.82, 2.24) is 10.6 Å². The highest BCUT2D eigenvalue weighted by Crippen LogP contribution is 2.24. The summed E-state index contributed by atoms with van der Waals surface area (Å²) < 4.78 is 5.24. The molecule has 1 aromatic carbocycles. The first-order valence-electron chi connectivity index (χ1n) is 9.25. The molecule has 5 nitrogen and oxygen atoms in total. The Morgan fingerprint density at radius 2 is 1.84 bits per heavy atom. The topological polar surface area (TPSA) is 67.4 Å². The minimum atomic E-state index is -0.586. The molecule has 1 fully saturated rings. The second-order valence-electron chi connectivity index (χ2n) is 7.30.